The molecule has 0 N–H and O–H groups in total. The van der Waals surface area contributed by atoms with Gasteiger partial charge >= 0.3 is 0 Å². The minimum absolute atomic E-state index is 0.0960. The van der Waals surface area contributed by atoms with Crippen LogP contribution in [0, 0.1) is 13.8 Å². The van der Waals surface area contributed by atoms with E-state index in [1.165, 1.54) is 5.56 Å². The minimum atomic E-state index is -0.166. The van der Waals surface area contributed by atoms with Crippen molar-refractivity contribution in [3.05, 3.63) is 58.9 Å². The van der Waals surface area contributed by atoms with Crippen LogP contribution in [-0.4, -0.2) is 59.3 Å². The number of carbonyl (C=O) groups excluding carboxylic acids is 2. The Kier molecular flexibility index (Phi) is 6.35. The number of amides is 1. The van der Waals surface area contributed by atoms with E-state index in [0.29, 0.717) is 6.54 Å². The minimum Gasteiger partial charge on any atom is -0.348 e. The Balaban J connectivity index is 1.69. The molecule has 0 spiro atoms. The van der Waals surface area contributed by atoms with Crippen molar-refractivity contribution in [1.29, 1.82) is 0 Å². The molecule has 5 heteroatoms. The summed E-state index contributed by atoms with van der Waals surface area (Å²) in [7, 11) is 3.56. The molecular formula is C23H31N3O2. The Labute approximate surface area is 167 Å². The second kappa shape index (κ2) is 8.74. The molecule has 1 saturated heterocycles. The average Bonchev–Trinajstić information content (AvgIpc) is 3.24. The molecule has 1 aliphatic rings. The number of aryl methyl sites for hydroxylation is 2. The first-order valence-electron chi connectivity index (χ1n) is 10.1. The maximum absolute atomic E-state index is 13.0. The van der Waals surface area contributed by atoms with Crippen molar-refractivity contribution < 1.29 is 9.59 Å². The fourth-order valence-corrected chi connectivity index (χ4v) is 4.18. The second-order valence-corrected chi connectivity index (χ2v) is 7.96. The van der Waals surface area contributed by atoms with E-state index >= 15 is 0 Å². The highest BCUT2D eigenvalue weighted by atomic mass is 16.2. The number of Topliss-reactive ketones (excluding diaryl/α,β-unsaturated/α-hetero) is 1. The first-order valence-corrected chi connectivity index (χ1v) is 10.1. The van der Waals surface area contributed by atoms with Crippen LogP contribution in [0.15, 0.2) is 36.4 Å². The Morgan fingerprint density at radius 2 is 1.86 bits per heavy atom. The van der Waals surface area contributed by atoms with Gasteiger partial charge in [0.25, 0.3) is 0 Å². The number of likely N-dealkylation sites (N-methyl/N-ethyl adjacent to an activating group) is 1. The molecule has 2 heterocycles. The Bertz CT molecular complexity index is 839. The Hall–Kier alpha value is -2.40. The van der Waals surface area contributed by atoms with Crippen molar-refractivity contribution in [2.75, 3.05) is 27.2 Å². The number of hydrogen-bond donors (Lipinski definition) is 0. The fourth-order valence-electron chi connectivity index (χ4n) is 4.18. The average molecular weight is 382 g/mol. The molecular weight excluding hydrogens is 350 g/mol. The Morgan fingerprint density at radius 3 is 2.54 bits per heavy atom. The lowest BCUT2D eigenvalue weighted by atomic mass is 10.1. The summed E-state index contributed by atoms with van der Waals surface area (Å²) in [4.78, 5) is 29.1. The summed E-state index contributed by atoms with van der Waals surface area (Å²) < 4.78 is 2.23. The summed E-state index contributed by atoms with van der Waals surface area (Å²) in [6.45, 7) is 6.07. The van der Waals surface area contributed by atoms with E-state index in [1.54, 1.807) is 19.0 Å². The van der Waals surface area contributed by atoms with Gasteiger partial charge in [-0.15, -0.1) is 0 Å². The number of rotatable bonds is 7. The van der Waals surface area contributed by atoms with Crippen LogP contribution in [0.1, 0.15) is 40.2 Å². The molecule has 1 fully saturated rings. The predicted octanol–water partition coefficient (Wildman–Crippen LogP) is 3.08. The Morgan fingerprint density at radius 1 is 1.14 bits per heavy atom. The zero-order valence-electron chi connectivity index (χ0n) is 17.4. The van der Waals surface area contributed by atoms with Crippen LogP contribution in [-0.2, 0) is 17.8 Å². The third-order valence-electron chi connectivity index (χ3n) is 5.78. The molecule has 150 valence electrons. The lowest BCUT2D eigenvalue weighted by Gasteiger charge is -2.25. The molecule has 3 rings (SSSR count). The number of hydrogen-bond acceptors (Lipinski definition) is 3. The van der Waals surface area contributed by atoms with Crippen LogP contribution >= 0.6 is 0 Å². The lowest BCUT2D eigenvalue weighted by molar-refractivity contribution is -0.133. The van der Waals surface area contributed by atoms with Gasteiger partial charge in [0.15, 0.2) is 5.78 Å². The molecule has 0 radical (unpaired) electrons. The highest BCUT2D eigenvalue weighted by Gasteiger charge is 2.33. The van der Waals surface area contributed by atoms with E-state index in [1.807, 2.05) is 24.0 Å². The smallest absolute Gasteiger partial charge is 0.239 e. The summed E-state index contributed by atoms with van der Waals surface area (Å²) >= 11 is 0. The van der Waals surface area contributed by atoms with Gasteiger partial charge in [0, 0.05) is 37.6 Å². The van der Waals surface area contributed by atoms with Gasteiger partial charge in [-0.25, -0.2) is 0 Å². The van der Waals surface area contributed by atoms with E-state index in [0.717, 1.165) is 49.3 Å². The summed E-state index contributed by atoms with van der Waals surface area (Å²) in [6.07, 6.45) is 2.74. The molecule has 1 unspecified atom stereocenters. The van der Waals surface area contributed by atoms with Gasteiger partial charge in [-0.1, -0.05) is 30.3 Å². The van der Waals surface area contributed by atoms with E-state index in [-0.39, 0.29) is 17.7 Å². The van der Waals surface area contributed by atoms with Crippen molar-refractivity contribution in [3.8, 4) is 0 Å². The molecule has 1 aliphatic heterocycles. The molecule has 0 bridgehead atoms. The van der Waals surface area contributed by atoms with Crippen molar-refractivity contribution in [1.82, 2.24) is 14.4 Å². The maximum Gasteiger partial charge on any atom is 0.239 e. The van der Waals surface area contributed by atoms with E-state index in [2.05, 4.69) is 35.8 Å². The second-order valence-electron chi connectivity index (χ2n) is 7.96. The zero-order chi connectivity index (χ0) is 20.3. The standard InChI is InChI=1S/C23H31N3O2/c1-17-15-20(18(2)26(17)14-12-19-9-6-5-7-10-19)22(27)16-25-13-8-11-21(25)23(28)24(3)4/h5-7,9-10,15,21H,8,11-14,16H2,1-4H3. The van der Waals surface area contributed by atoms with Gasteiger partial charge in [-0.2, -0.15) is 0 Å². The number of likely N-dealkylation sites (tertiary alicyclic amines) is 1. The fraction of sp³-hybridized carbons (Fsp3) is 0.478. The molecule has 28 heavy (non-hydrogen) atoms. The quantitative estimate of drug-likeness (QED) is 0.693. The van der Waals surface area contributed by atoms with Crippen molar-refractivity contribution >= 4 is 11.7 Å². The monoisotopic (exact) mass is 381 g/mol. The summed E-state index contributed by atoms with van der Waals surface area (Å²) in [5.41, 5.74) is 4.21. The molecule has 1 aromatic carbocycles. The summed E-state index contributed by atoms with van der Waals surface area (Å²) in [6, 6.07) is 12.2. The van der Waals surface area contributed by atoms with Crippen LogP contribution in [0.4, 0.5) is 0 Å². The van der Waals surface area contributed by atoms with E-state index < -0.39 is 0 Å². The number of ketones is 1. The van der Waals surface area contributed by atoms with Gasteiger partial charge in [-0.05, 0) is 51.3 Å². The van der Waals surface area contributed by atoms with Crippen molar-refractivity contribution in [3.63, 3.8) is 0 Å². The van der Waals surface area contributed by atoms with Crippen LogP contribution in [0.5, 0.6) is 0 Å². The molecule has 2 aromatic rings. The van der Waals surface area contributed by atoms with Gasteiger partial charge in [-0.3, -0.25) is 14.5 Å². The molecule has 1 amide bonds. The van der Waals surface area contributed by atoms with Crippen LogP contribution in [0.3, 0.4) is 0 Å². The molecule has 5 nitrogen and oxygen atoms in total. The normalized spacial score (nSPS) is 17.1. The number of aromatic nitrogens is 1. The first kappa shape index (κ1) is 20.3. The van der Waals surface area contributed by atoms with Crippen LogP contribution < -0.4 is 0 Å². The molecule has 1 atom stereocenters. The SMILES string of the molecule is Cc1cc(C(=O)CN2CCCC2C(=O)N(C)C)c(C)n1CCc1ccccc1. The third kappa shape index (κ3) is 4.36. The van der Waals surface area contributed by atoms with Crippen molar-refractivity contribution in [2.24, 2.45) is 0 Å². The number of benzene rings is 1. The maximum atomic E-state index is 13.0. The topological polar surface area (TPSA) is 45.6 Å². The zero-order valence-corrected chi connectivity index (χ0v) is 17.4. The number of carbonyl (C=O) groups is 2. The lowest BCUT2D eigenvalue weighted by Crippen LogP contribution is -2.44. The van der Waals surface area contributed by atoms with Gasteiger partial charge in [0.2, 0.25) is 5.91 Å². The van der Waals surface area contributed by atoms with E-state index in [9.17, 15) is 9.59 Å². The van der Waals surface area contributed by atoms with Gasteiger partial charge in [0.1, 0.15) is 0 Å². The predicted molar refractivity (Wildman–Crippen MR) is 112 cm³/mol. The summed E-state index contributed by atoms with van der Waals surface area (Å²) in [5, 5.41) is 0. The molecule has 0 aliphatic carbocycles. The highest BCUT2D eigenvalue weighted by Crippen LogP contribution is 2.22. The van der Waals surface area contributed by atoms with Crippen LogP contribution in [0.25, 0.3) is 0 Å². The van der Waals surface area contributed by atoms with Crippen LogP contribution in [0.2, 0.25) is 0 Å². The van der Waals surface area contributed by atoms with Gasteiger partial charge in [0.05, 0.1) is 12.6 Å². The van der Waals surface area contributed by atoms with E-state index in [4.69, 9.17) is 0 Å². The third-order valence-corrected chi connectivity index (χ3v) is 5.78. The largest absolute Gasteiger partial charge is 0.348 e. The van der Waals surface area contributed by atoms with Gasteiger partial charge < -0.3 is 9.47 Å². The first-order chi connectivity index (χ1) is 13.4. The van der Waals surface area contributed by atoms with Crippen molar-refractivity contribution in [2.45, 2.75) is 45.7 Å². The number of nitrogens with zero attached hydrogens (tertiary/aromatic N) is 3. The molecule has 0 saturated carbocycles. The molecule has 1 aromatic heterocycles. The summed E-state index contributed by atoms with van der Waals surface area (Å²) in [5.74, 6) is 0.205. The highest BCUT2D eigenvalue weighted by molar-refractivity contribution is 5.99.